The van der Waals surface area contributed by atoms with E-state index in [1.54, 1.807) is 12.2 Å². The quantitative estimate of drug-likeness (QED) is 0.316. The van der Waals surface area contributed by atoms with Crippen LogP contribution in [0, 0.1) is 0 Å². The van der Waals surface area contributed by atoms with E-state index in [9.17, 15) is 4.79 Å². The first-order chi connectivity index (χ1) is 4.41. The summed E-state index contributed by atoms with van der Waals surface area (Å²) in [6.45, 7) is 3.95. The van der Waals surface area contributed by atoms with Crippen molar-refractivity contribution in [3.8, 4) is 0 Å². The molecule has 0 aliphatic carbocycles. The van der Waals surface area contributed by atoms with Crippen molar-refractivity contribution < 1.29 is 4.79 Å². The summed E-state index contributed by atoms with van der Waals surface area (Å²) < 4.78 is 0. The first-order valence-electron chi connectivity index (χ1n) is 2.71. The van der Waals surface area contributed by atoms with Crippen molar-refractivity contribution in [3.63, 3.8) is 0 Å². The van der Waals surface area contributed by atoms with Crippen molar-refractivity contribution >= 4 is 6.08 Å². The maximum absolute atomic E-state index is 9.49. The van der Waals surface area contributed by atoms with Crippen LogP contribution >= 0.6 is 0 Å². The van der Waals surface area contributed by atoms with Gasteiger partial charge in [0, 0.05) is 0 Å². The molecule has 48 valence electrons. The fraction of sp³-hybridized carbons (Fsp3) is 0.286. The van der Waals surface area contributed by atoms with Crippen LogP contribution in [-0.2, 0) is 4.79 Å². The zero-order chi connectivity index (χ0) is 6.95. The molecule has 0 aromatic rings. The molecule has 0 aromatic carbocycles. The van der Waals surface area contributed by atoms with Gasteiger partial charge in [0.25, 0.3) is 0 Å². The Labute approximate surface area is 54.6 Å². The van der Waals surface area contributed by atoms with Gasteiger partial charge in [-0.3, -0.25) is 0 Å². The topological polar surface area (TPSA) is 29.4 Å². The van der Waals surface area contributed by atoms with Gasteiger partial charge in [0.1, 0.15) is 0 Å². The van der Waals surface area contributed by atoms with E-state index >= 15 is 0 Å². The predicted molar refractivity (Wildman–Crippen MR) is 36.9 cm³/mol. The molecule has 0 radical (unpaired) electrons. The maximum Gasteiger partial charge on any atom is 0.235 e. The highest BCUT2D eigenvalue weighted by Crippen LogP contribution is 1.81. The number of rotatable bonds is 4. The summed E-state index contributed by atoms with van der Waals surface area (Å²) >= 11 is 0. The molecule has 0 heterocycles. The van der Waals surface area contributed by atoms with E-state index < -0.39 is 0 Å². The summed E-state index contributed by atoms with van der Waals surface area (Å²) in [7, 11) is 0. The molecule has 0 unspecified atom stereocenters. The number of hydrogen-bond donors (Lipinski definition) is 0. The molecule has 0 amide bonds. The number of aliphatic imine (C=N–C) groups is 1. The largest absolute Gasteiger partial charge is 0.235 e. The smallest absolute Gasteiger partial charge is 0.211 e. The minimum Gasteiger partial charge on any atom is -0.211 e. The van der Waals surface area contributed by atoms with Gasteiger partial charge in [-0.25, -0.2) is 9.79 Å². The number of nitrogens with zero attached hydrogens (tertiary/aromatic N) is 1. The molecule has 0 N–H and O–H groups in total. The highest BCUT2D eigenvalue weighted by Gasteiger charge is 1.68. The van der Waals surface area contributed by atoms with E-state index in [1.165, 1.54) is 6.08 Å². The molecule has 0 saturated carbocycles. The summed E-state index contributed by atoms with van der Waals surface area (Å²) in [4.78, 5) is 12.8. The first kappa shape index (κ1) is 7.86. The normalized spacial score (nSPS) is 8.89. The van der Waals surface area contributed by atoms with Gasteiger partial charge in [-0.1, -0.05) is 18.2 Å². The fourth-order valence-corrected chi connectivity index (χ4v) is 0.357. The fourth-order valence-electron chi connectivity index (χ4n) is 0.357. The molecule has 0 aromatic heterocycles. The highest BCUT2D eigenvalue weighted by atomic mass is 16.1. The molecule has 0 fully saturated rings. The van der Waals surface area contributed by atoms with Crippen LogP contribution < -0.4 is 0 Å². The van der Waals surface area contributed by atoms with Gasteiger partial charge in [0.15, 0.2) is 0 Å². The molecule has 0 atom stereocenters. The van der Waals surface area contributed by atoms with Crippen LogP contribution in [0.2, 0.25) is 0 Å². The lowest BCUT2D eigenvalue weighted by atomic mass is 10.4. The standard InChI is InChI=1S/C7H9NO/c1-2-3-4-5-6-8-7-9/h2,4-5H,1,3,6H2. The third kappa shape index (κ3) is 6.86. The van der Waals surface area contributed by atoms with Crippen molar-refractivity contribution in [2.45, 2.75) is 6.42 Å². The minimum absolute atomic E-state index is 0.428. The summed E-state index contributed by atoms with van der Waals surface area (Å²) in [5, 5.41) is 0. The molecule has 0 aliphatic heterocycles. The summed E-state index contributed by atoms with van der Waals surface area (Å²) in [5.74, 6) is 0. The Bertz CT molecular complexity index is 143. The van der Waals surface area contributed by atoms with Gasteiger partial charge in [0.05, 0.1) is 6.54 Å². The zero-order valence-electron chi connectivity index (χ0n) is 5.21. The summed E-state index contributed by atoms with van der Waals surface area (Å²) in [5.41, 5.74) is 0. The molecule has 0 bridgehead atoms. The van der Waals surface area contributed by atoms with Crippen LogP contribution in [0.5, 0.6) is 0 Å². The molecule has 2 heteroatoms. The van der Waals surface area contributed by atoms with Crippen LogP contribution in [0.1, 0.15) is 6.42 Å². The molecule has 2 nitrogen and oxygen atoms in total. The van der Waals surface area contributed by atoms with Gasteiger partial charge < -0.3 is 0 Å². The zero-order valence-corrected chi connectivity index (χ0v) is 5.21. The van der Waals surface area contributed by atoms with E-state index in [0.29, 0.717) is 6.54 Å². The first-order valence-corrected chi connectivity index (χ1v) is 2.71. The van der Waals surface area contributed by atoms with Crippen LogP contribution in [0.3, 0.4) is 0 Å². The van der Waals surface area contributed by atoms with Crippen molar-refractivity contribution in [1.29, 1.82) is 0 Å². The third-order valence-corrected chi connectivity index (χ3v) is 0.731. The van der Waals surface area contributed by atoms with Crippen molar-refractivity contribution in [1.82, 2.24) is 0 Å². The van der Waals surface area contributed by atoms with Crippen LogP contribution in [0.4, 0.5) is 0 Å². The SMILES string of the molecule is C=CCC=CCN=C=O. The molecule has 0 aliphatic rings. The average Bonchev–Trinajstić information content (AvgIpc) is 1.89. The summed E-state index contributed by atoms with van der Waals surface area (Å²) in [6, 6.07) is 0. The van der Waals surface area contributed by atoms with E-state index in [4.69, 9.17) is 0 Å². The molecule has 0 spiro atoms. The van der Waals surface area contributed by atoms with Gasteiger partial charge >= 0.3 is 0 Å². The molecular formula is C7H9NO. The molecule has 0 saturated heterocycles. The maximum atomic E-state index is 9.49. The average molecular weight is 123 g/mol. The highest BCUT2D eigenvalue weighted by molar-refractivity contribution is 5.33. The molecule has 9 heavy (non-hydrogen) atoms. The van der Waals surface area contributed by atoms with Gasteiger partial charge in [-0.15, -0.1) is 6.58 Å². The predicted octanol–water partition coefficient (Wildman–Crippen LogP) is 1.45. The second-order valence-corrected chi connectivity index (χ2v) is 1.43. The van der Waals surface area contributed by atoms with Gasteiger partial charge in [-0.2, -0.15) is 0 Å². The van der Waals surface area contributed by atoms with Crippen molar-refractivity contribution in [3.05, 3.63) is 24.8 Å². The Hall–Kier alpha value is -1.14. The van der Waals surface area contributed by atoms with Crippen molar-refractivity contribution in [2.24, 2.45) is 4.99 Å². The third-order valence-electron chi connectivity index (χ3n) is 0.731. The van der Waals surface area contributed by atoms with E-state index in [0.717, 1.165) is 6.42 Å². The number of allylic oxidation sites excluding steroid dienone is 2. The Morgan fingerprint density at radius 3 is 2.89 bits per heavy atom. The number of hydrogen-bond acceptors (Lipinski definition) is 2. The Morgan fingerprint density at radius 1 is 1.56 bits per heavy atom. The van der Waals surface area contributed by atoms with Crippen molar-refractivity contribution in [2.75, 3.05) is 6.54 Å². The number of isocyanates is 1. The van der Waals surface area contributed by atoms with Crippen LogP contribution in [-0.4, -0.2) is 12.6 Å². The van der Waals surface area contributed by atoms with E-state index in [2.05, 4.69) is 11.6 Å². The Balaban J connectivity index is 3.24. The lowest BCUT2D eigenvalue weighted by molar-refractivity contribution is 0.564. The Morgan fingerprint density at radius 2 is 2.33 bits per heavy atom. The lowest BCUT2D eigenvalue weighted by Gasteiger charge is -1.76. The second-order valence-electron chi connectivity index (χ2n) is 1.43. The Kier molecular flexibility index (Phi) is 5.99. The lowest BCUT2D eigenvalue weighted by Crippen LogP contribution is -1.68. The second kappa shape index (κ2) is 6.86. The monoisotopic (exact) mass is 123 g/mol. The van der Waals surface area contributed by atoms with Crippen LogP contribution in [0.25, 0.3) is 0 Å². The van der Waals surface area contributed by atoms with E-state index in [-0.39, 0.29) is 0 Å². The van der Waals surface area contributed by atoms with Gasteiger partial charge in [-0.05, 0) is 6.42 Å². The minimum atomic E-state index is 0.428. The summed E-state index contributed by atoms with van der Waals surface area (Å²) in [6.07, 6.45) is 7.74. The van der Waals surface area contributed by atoms with Crippen LogP contribution in [0.15, 0.2) is 29.8 Å². The molecular weight excluding hydrogens is 114 g/mol. The number of carbonyl (C=O) groups excluding carboxylic acids is 1. The van der Waals surface area contributed by atoms with E-state index in [1.807, 2.05) is 6.08 Å². The van der Waals surface area contributed by atoms with Gasteiger partial charge in [0.2, 0.25) is 6.08 Å². The molecule has 0 rings (SSSR count).